The van der Waals surface area contributed by atoms with Crippen LogP contribution in [0.4, 0.5) is 0 Å². The van der Waals surface area contributed by atoms with E-state index in [1.807, 2.05) is 11.9 Å². The molecule has 17 heavy (non-hydrogen) atoms. The van der Waals surface area contributed by atoms with Gasteiger partial charge >= 0.3 is 0 Å². The molecule has 0 heterocycles. The molecular weight excluding hydrogens is 212 g/mol. The van der Waals surface area contributed by atoms with Crippen LogP contribution in [0.1, 0.15) is 53.9 Å². The van der Waals surface area contributed by atoms with Gasteiger partial charge in [-0.15, -0.1) is 0 Å². The van der Waals surface area contributed by atoms with Crippen molar-refractivity contribution in [1.82, 2.24) is 4.90 Å². The first kappa shape index (κ1) is 16.4. The SMILES string of the molecule is CCC(C)(C)N(C)C(=O)C[C@@H](CN)CC(C)C. The van der Waals surface area contributed by atoms with Gasteiger partial charge in [-0.25, -0.2) is 0 Å². The zero-order chi connectivity index (χ0) is 13.6. The summed E-state index contributed by atoms with van der Waals surface area (Å²) in [5.41, 5.74) is 5.68. The van der Waals surface area contributed by atoms with E-state index >= 15 is 0 Å². The summed E-state index contributed by atoms with van der Waals surface area (Å²) in [6.45, 7) is 11.3. The zero-order valence-corrected chi connectivity index (χ0v) is 12.4. The summed E-state index contributed by atoms with van der Waals surface area (Å²) in [5.74, 6) is 1.13. The molecule has 0 fully saturated rings. The lowest BCUT2D eigenvalue weighted by atomic mass is 9.92. The van der Waals surface area contributed by atoms with E-state index in [2.05, 4.69) is 34.6 Å². The van der Waals surface area contributed by atoms with Gasteiger partial charge in [-0.1, -0.05) is 20.8 Å². The molecule has 0 unspecified atom stereocenters. The predicted molar refractivity (Wildman–Crippen MR) is 73.8 cm³/mol. The van der Waals surface area contributed by atoms with Crippen LogP contribution in [-0.4, -0.2) is 29.9 Å². The summed E-state index contributed by atoms with van der Waals surface area (Å²) in [4.78, 5) is 14.0. The van der Waals surface area contributed by atoms with Gasteiger partial charge in [0.2, 0.25) is 5.91 Å². The Balaban J connectivity index is 4.41. The van der Waals surface area contributed by atoms with E-state index in [-0.39, 0.29) is 11.4 Å². The van der Waals surface area contributed by atoms with Crippen LogP contribution in [0, 0.1) is 11.8 Å². The molecule has 0 rings (SSSR count). The van der Waals surface area contributed by atoms with E-state index < -0.39 is 0 Å². The van der Waals surface area contributed by atoms with Crippen molar-refractivity contribution in [2.75, 3.05) is 13.6 Å². The van der Waals surface area contributed by atoms with Gasteiger partial charge in [0.1, 0.15) is 0 Å². The van der Waals surface area contributed by atoms with Gasteiger partial charge in [-0.3, -0.25) is 4.79 Å². The summed E-state index contributed by atoms with van der Waals surface area (Å²) < 4.78 is 0. The normalized spacial score (nSPS) is 13.9. The van der Waals surface area contributed by atoms with Gasteiger partial charge in [0.25, 0.3) is 0 Å². The third kappa shape index (κ3) is 5.53. The number of hydrogen-bond acceptors (Lipinski definition) is 2. The second-order valence-corrected chi connectivity index (χ2v) is 6.05. The van der Waals surface area contributed by atoms with Gasteiger partial charge < -0.3 is 10.6 Å². The minimum atomic E-state index is -0.0614. The minimum Gasteiger partial charge on any atom is -0.341 e. The topological polar surface area (TPSA) is 46.3 Å². The van der Waals surface area contributed by atoms with Crippen molar-refractivity contribution in [2.45, 2.75) is 59.4 Å². The van der Waals surface area contributed by atoms with Crippen LogP contribution in [0.3, 0.4) is 0 Å². The number of carbonyl (C=O) groups is 1. The van der Waals surface area contributed by atoms with Crippen LogP contribution in [0.15, 0.2) is 0 Å². The smallest absolute Gasteiger partial charge is 0.223 e. The second-order valence-electron chi connectivity index (χ2n) is 6.05. The highest BCUT2D eigenvalue weighted by molar-refractivity contribution is 5.77. The molecule has 0 aromatic carbocycles. The fourth-order valence-corrected chi connectivity index (χ4v) is 1.89. The molecule has 102 valence electrons. The summed E-state index contributed by atoms with van der Waals surface area (Å²) in [6, 6.07) is 0. The molecular formula is C14H30N2O. The maximum atomic E-state index is 12.2. The van der Waals surface area contributed by atoms with Gasteiger partial charge in [0, 0.05) is 19.0 Å². The number of nitrogens with zero attached hydrogens (tertiary/aromatic N) is 1. The number of nitrogens with two attached hydrogens (primary N) is 1. The monoisotopic (exact) mass is 242 g/mol. The van der Waals surface area contributed by atoms with E-state index in [4.69, 9.17) is 5.73 Å². The lowest BCUT2D eigenvalue weighted by Gasteiger charge is -2.35. The van der Waals surface area contributed by atoms with Gasteiger partial charge in [-0.2, -0.15) is 0 Å². The van der Waals surface area contributed by atoms with Crippen LogP contribution in [0.2, 0.25) is 0 Å². The van der Waals surface area contributed by atoms with Crippen LogP contribution in [0.5, 0.6) is 0 Å². The number of rotatable bonds is 7. The highest BCUT2D eigenvalue weighted by Crippen LogP contribution is 2.21. The predicted octanol–water partition coefficient (Wildman–Crippen LogP) is 2.64. The molecule has 0 bridgehead atoms. The first-order valence-electron chi connectivity index (χ1n) is 6.71. The van der Waals surface area contributed by atoms with Gasteiger partial charge in [0.15, 0.2) is 0 Å². The van der Waals surface area contributed by atoms with Crippen LogP contribution < -0.4 is 5.73 Å². The molecule has 0 spiro atoms. The van der Waals surface area contributed by atoms with Crippen LogP contribution in [-0.2, 0) is 4.79 Å². The third-order valence-electron chi connectivity index (χ3n) is 3.75. The standard InChI is InChI=1S/C14H30N2O/c1-7-14(4,5)16(6)13(17)9-12(10-15)8-11(2)3/h11-12H,7-10,15H2,1-6H3/t12-/m0/s1. The largest absolute Gasteiger partial charge is 0.341 e. The Kier molecular flexibility index (Phi) is 6.76. The number of amides is 1. The molecule has 0 aromatic heterocycles. The fourth-order valence-electron chi connectivity index (χ4n) is 1.89. The Hall–Kier alpha value is -0.570. The lowest BCUT2D eigenvalue weighted by molar-refractivity contribution is -0.135. The molecule has 0 aliphatic heterocycles. The maximum absolute atomic E-state index is 12.2. The fraction of sp³-hybridized carbons (Fsp3) is 0.929. The summed E-state index contributed by atoms with van der Waals surface area (Å²) in [5, 5.41) is 0. The van der Waals surface area contributed by atoms with Crippen molar-refractivity contribution < 1.29 is 4.79 Å². The Morgan fingerprint density at radius 2 is 1.88 bits per heavy atom. The van der Waals surface area contributed by atoms with Crippen molar-refractivity contribution in [3.05, 3.63) is 0 Å². The average molecular weight is 242 g/mol. The van der Waals surface area contributed by atoms with E-state index in [9.17, 15) is 4.79 Å². The van der Waals surface area contributed by atoms with E-state index in [0.717, 1.165) is 12.8 Å². The van der Waals surface area contributed by atoms with Crippen molar-refractivity contribution in [3.63, 3.8) is 0 Å². The van der Waals surface area contributed by atoms with E-state index in [1.165, 1.54) is 0 Å². The van der Waals surface area contributed by atoms with Crippen molar-refractivity contribution in [1.29, 1.82) is 0 Å². The minimum absolute atomic E-state index is 0.0614. The number of carbonyl (C=O) groups excluding carboxylic acids is 1. The van der Waals surface area contributed by atoms with Crippen molar-refractivity contribution >= 4 is 5.91 Å². The van der Waals surface area contributed by atoms with Crippen LogP contribution in [0.25, 0.3) is 0 Å². The number of hydrogen-bond donors (Lipinski definition) is 1. The average Bonchev–Trinajstić information content (AvgIpc) is 2.26. The highest BCUT2D eigenvalue weighted by Gasteiger charge is 2.27. The highest BCUT2D eigenvalue weighted by atomic mass is 16.2. The summed E-state index contributed by atoms with van der Waals surface area (Å²) in [6.07, 6.45) is 2.57. The Bertz CT molecular complexity index is 236. The molecule has 0 aliphatic rings. The van der Waals surface area contributed by atoms with Gasteiger partial charge in [-0.05, 0) is 45.1 Å². The molecule has 1 amide bonds. The van der Waals surface area contributed by atoms with Crippen LogP contribution >= 0.6 is 0 Å². The van der Waals surface area contributed by atoms with E-state index in [0.29, 0.717) is 24.8 Å². The third-order valence-corrected chi connectivity index (χ3v) is 3.75. The maximum Gasteiger partial charge on any atom is 0.223 e. The molecule has 3 nitrogen and oxygen atoms in total. The zero-order valence-electron chi connectivity index (χ0n) is 12.4. The first-order valence-corrected chi connectivity index (χ1v) is 6.71. The molecule has 0 aliphatic carbocycles. The molecule has 2 N–H and O–H groups in total. The molecule has 0 saturated heterocycles. The lowest BCUT2D eigenvalue weighted by Crippen LogP contribution is -2.45. The van der Waals surface area contributed by atoms with Crippen molar-refractivity contribution in [3.8, 4) is 0 Å². The molecule has 0 aromatic rings. The quantitative estimate of drug-likeness (QED) is 0.746. The second kappa shape index (κ2) is 7.00. The molecule has 3 heteroatoms. The first-order chi connectivity index (χ1) is 7.74. The molecule has 0 radical (unpaired) electrons. The Labute approximate surface area is 107 Å². The van der Waals surface area contributed by atoms with E-state index in [1.54, 1.807) is 0 Å². The summed E-state index contributed by atoms with van der Waals surface area (Å²) >= 11 is 0. The summed E-state index contributed by atoms with van der Waals surface area (Å²) in [7, 11) is 1.90. The van der Waals surface area contributed by atoms with Crippen molar-refractivity contribution in [2.24, 2.45) is 17.6 Å². The molecule has 0 saturated carbocycles. The Morgan fingerprint density at radius 3 is 2.24 bits per heavy atom. The Morgan fingerprint density at radius 1 is 1.35 bits per heavy atom. The van der Waals surface area contributed by atoms with Gasteiger partial charge in [0.05, 0.1) is 0 Å². The molecule has 1 atom stereocenters.